The van der Waals surface area contributed by atoms with E-state index < -0.39 is 0 Å². The molecular formula is C17H18N5O2+. The van der Waals surface area contributed by atoms with Crippen molar-refractivity contribution in [1.82, 2.24) is 14.7 Å². The predicted octanol–water partition coefficient (Wildman–Crippen LogP) is 0.571. The summed E-state index contributed by atoms with van der Waals surface area (Å²) in [6.45, 7) is 5.93. The van der Waals surface area contributed by atoms with Crippen LogP contribution in [0.5, 0.6) is 0 Å². The fourth-order valence-electron chi connectivity index (χ4n) is 2.74. The van der Waals surface area contributed by atoms with E-state index in [9.17, 15) is 9.59 Å². The molecule has 24 heavy (non-hydrogen) atoms. The number of anilines is 1. The largest absolute Gasteiger partial charge is 0.355 e. The van der Waals surface area contributed by atoms with E-state index in [0.29, 0.717) is 23.2 Å². The van der Waals surface area contributed by atoms with Gasteiger partial charge in [0.1, 0.15) is 10.9 Å². The number of hydrogen-bond donors (Lipinski definition) is 2. The molecule has 0 unspecified atom stereocenters. The van der Waals surface area contributed by atoms with Crippen molar-refractivity contribution in [2.75, 3.05) is 12.8 Å². The zero-order valence-electron chi connectivity index (χ0n) is 13.5. The highest BCUT2D eigenvalue weighted by molar-refractivity contribution is 6.00. The average Bonchev–Trinajstić information content (AvgIpc) is 2.58. The number of carbonyl (C=O) groups excluding carboxylic acids is 1. The monoisotopic (exact) mass is 324 g/mol. The molecule has 0 atom stereocenters. The van der Waals surface area contributed by atoms with Gasteiger partial charge < -0.3 is 11.1 Å². The first-order valence-corrected chi connectivity index (χ1v) is 7.46. The summed E-state index contributed by atoms with van der Waals surface area (Å²) in [4.78, 5) is 29.6. The van der Waals surface area contributed by atoms with E-state index in [4.69, 9.17) is 5.73 Å². The van der Waals surface area contributed by atoms with Gasteiger partial charge in [-0.05, 0) is 19.1 Å². The van der Waals surface area contributed by atoms with Gasteiger partial charge in [-0.25, -0.2) is 4.57 Å². The first-order chi connectivity index (χ1) is 11.5. The lowest BCUT2D eigenvalue weighted by atomic mass is 10.1. The van der Waals surface area contributed by atoms with Crippen LogP contribution >= 0.6 is 0 Å². The van der Waals surface area contributed by atoms with Crippen molar-refractivity contribution in [1.29, 1.82) is 0 Å². The minimum Gasteiger partial charge on any atom is -0.355 e. The highest BCUT2D eigenvalue weighted by Gasteiger charge is 2.23. The second-order valence-electron chi connectivity index (χ2n) is 5.46. The molecule has 7 heteroatoms. The maximum atomic E-state index is 12.9. The molecule has 0 fully saturated rings. The summed E-state index contributed by atoms with van der Waals surface area (Å²) in [7, 11) is 1.51. The first-order valence-electron chi connectivity index (χ1n) is 7.46. The fraction of sp³-hybridized carbons (Fsp3) is 0.176. The highest BCUT2D eigenvalue weighted by atomic mass is 16.1. The Morgan fingerprint density at radius 3 is 2.96 bits per heavy atom. The van der Waals surface area contributed by atoms with Crippen molar-refractivity contribution in [3.63, 3.8) is 0 Å². The van der Waals surface area contributed by atoms with Crippen LogP contribution in [-0.2, 0) is 6.54 Å². The van der Waals surface area contributed by atoms with Crippen molar-refractivity contribution in [3.05, 3.63) is 58.5 Å². The number of aryl methyl sites for hydroxylation is 1. The van der Waals surface area contributed by atoms with E-state index in [1.165, 1.54) is 17.5 Å². The van der Waals surface area contributed by atoms with Gasteiger partial charge in [0, 0.05) is 18.8 Å². The molecule has 0 saturated carbocycles. The fourth-order valence-corrected chi connectivity index (χ4v) is 2.74. The Morgan fingerprint density at radius 1 is 1.54 bits per heavy atom. The molecule has 1 amide bonds. The van der Waals surface area contributed by atoms with Gasteiger partial charge in [-0.2, -0.15) is 0 Å². The van der Waals surface area contributed by atoms with E-state index in [-0.39, 0.29) is 22.8 Å². The Morgan fingerprint density at radius 2 is 2.29 bits per heavy atom. The van der Waals surface area contributed by atoms with Crippen LogP contribution in [0.1, 0.15) is 15.9 Å². The Hall–Kier alpha value is -3.22. The number of nitrogen functional groups attached to an aromatic ring is 1. The number of carbonyl (C=O) groups is 1. The molecule has 3 aromatic rings. The first kappa shape index (κ1) is 15.7. The summed E-state index contributed by atoms with van der Waals surface area (Å²) in [5, 5.41) is 2.86. The maximum absolute atomic E-state index is 12.9. The second-order valence-corrected chi connectivity index (χ2v) is 5.46. The standard InChI is InChI=1S/C17H17N5O2/c1-4-7-21-13(18)11(16(23)19-3)9-12-15(21)20-14-10(2)6-5-8-22(14)17(12)24/h4-6,8-9,18H,1,7H2,2-3H3,(H,19,23)/p+1. The number of amides is 1. The Bertz CT molecular complexity index is 1050. The predicted molar refractivity (Wildman–Crippen MR) is 91.9 cm³/mol. The lowest BCUT2D eigenvalue weighted by Crippen LogP contribution is -2.42. The molecule has 0 aromatic carbocycles. The van der Waals surface area contributed by atoms with Gasteiger partial charge in [0.2, 0.25) is 11.5 Å². The van der Waals surface area contributed by atoms with Crippen LogP contribution in [0.15, 0.2) is 41.8 Å². The van der Waals surface area contributed by atoms with Crippen molar-refractivity contribution >= 4 is 28.4 Å². The molecule has 3 heterocycles. The molecule has 7 nitrogen and oxygen atoms in total. The molecule has 0 radical (unpaired) electrons. The Labute approximate surface area is 138 Å². The summed E-state index contributed by atoms with van der Waals surface area (Å²) in [5.41, 5.74) is 7.99. The zero-order valence-corrected chi connectivity index (χ0v) is 13.5. The van der Waals surface area contributed by atoms with Gasteiger partial charge in [-0.15, -0.1) is 0 Å². The number of aromatic nitrogens is 3. The number of rotatable bonds is 3. The average molecular weight is 324 g/mol. The third-order valence-electron chi connectivity index (χ3n) is 3.96. The number of hydrogen-bond acceptors (Lipinski definition) is 4. The van der Waals surface area contributed by atoms with Crippen LogP contribution in [0.25, 0.3) is 16.7 Å². The van der Waals surface area contributed by atoms with Crippen LogP contribution in [0.4, 0.5) is 5.82 Å². The number of fused-ring (bicyclic) bond motifs is 2. The Balaban J connectivity index is 2.56. The van der Waals surface area contributed by atoms with Gasteiger partial charge >= 0.3 is 0 Å². The van der Waals surface area contributed by atoms with Gasteiger partial charge in [-0.3, -0.25) is 14.0 Å². The summed E-state index contributed by atoms with van der Waals surface area (Å²) >= 11 is 0. The summed E-state index contributed by atoms with van der Waals surface area (Å²) < 4.78 is 3.10. The number of pyridine rings is 2. The van der Waals surface area contributed by atoms with Crippen LogP contribution < -0.4 is 21.2 Å². The highest BCUT2D eigenvalue weighted by Crippen LogP contribution is 2.15. The minimum atomic E-state index is -0.360. The molecule has 0 aliphatic rings. The SMILES string of the molecule is C=CC[n+]1c(N)c(C(=O)NC)cc2c(=O)n3cccc(C)c3nc21. The van der Waals surface area contributed by atoms with E-state index in [0.717, 1.165) is 5.56 Å². The van der Waals surface area contributed by atoms with E-state index in [1.807, 2.05) is 13.0 Å². The number of nitrogens with two attached hydrogens (primary N) is 1. The van der Waals surface area contributed by atoms with Gasteiger partial charge in [0.25, 0.3) is 17.1 Å². The quantitative estimate of drug-likeness (QED) is 0.418. The lowest BCUT2D eigenvalue weighted by Gasteiger charge is -2.10. The molecule has 0 spiro atoms. The molecule has 3 rings (SSSR count). The number of allylic oxidation sites excluding steroid dienone is 1. The van der Waals surface area contributed by atoms with Crippen LogP contribution in [0.2, 0.25) is 0 Å². The van der Waals surface area contributed by atoms with Crippen molar-refractivity contribution in [3.8, 4) is 0 Å². The van der Waals surface area contributed by atoms with E-state index in [1.54, 1.807) is 22.9 Å². The molecule has 3 N–H and O–H groups in total. The van der Waals surface area contributed by atoms with Crippen LogP contribution in [-0.4, -0.2) is 22.3 Å². The van der Waals surface area contributed by atoms with Crippen molar-refractivity contribution in [2.45, 2.75) is 13.5 Å². The van der Waals surface area contributed by atoms with Gasteiger partial charge in [0.05, 0.1) is 6.54 Å². The summed E-state index contributed by atoms with van der Waals surface area (Å²) in [6.07, 6.45) is 3.30. The van der Waals surface area contributed by atoms with Crippen molar-refractivity contribution < 1.29 is 9.36 Å². The third kappa shape index (κ3) is 2.21. The van der Waals surface area contributed by atoms with Gasteiger partial charge in [-0.1, -0.05) is 23.7 Å². The normalized spacial score (nSPS) is 10.9. The van der Waals surface area contributed by atoms with E-state index >= 15 is 0 Å². The molecule has 122 valence electrons. The van der Waals surface area contributed by atoms with Crippen LogP contribution in [0.3, 0.4) is 0 Å². The molecular weight excluding hydrogens is 306 g/mol. The van der Waals surface area contributed by atoms with Crippen LogP contribution in [0, 0.1) is 6.92 Å². The topological polar surface area (TPSA) is 93.4 Å². The summed E-state index contributed by atoms with van der Waals surface area (Å²) in [6, 6.07) is 5.16. The minimum absolute atomic E-state index is 0.235. The number of nitrogens with one attached hydrogen (secondary N) is 1. The van der Waals surface area contributed by atoms with E-state index in [2.05, 4.69) is 16.9 Å². The summed E-state index contributed by atoms with van der Waals surface area (Å²) in [5.74, 6) is -0.118. The second kappa shape index (κ2) is 5.77. The molecule has 3 aromatic heterocycles. The molecule has 0 saturated heterocycles. The molecule has 0 aliphatic heterocycles. The Kier molecular flexibility index (Phi) is 3.76. The van der Waals surface area contributed by atoms with Crippen molar-refractivity contribution in [2.24, 2.45) is 0 Å². The number of nitrogens with zero attached hydrogens (tertiary/aromatic N) is 3. The molecule has 0 bridgehead atoms. The lowest BCUT2D eigenvalue weighted by molar-refractivity contribution is -0.648. The zero-order chi connectivity index (χ0) is 17.4. The third-order valence-corrected chi connectivity index (χ3v) is 3.96. The smallest absolute Gasteiger partial charge is 0.278 e. The molecule has 0 aliphatic carbocycles. The van der Waals surface area contributed by atoms with Gasteiger partial charge in [0.15, 0.2) is 0 Å². The maximum Gasteiger partial charge on any atom is 0.278 e.